The van der Waals surface area contributed by atoms with Crippen molar-refractivity contribution < 1.29 is 0 Å². The molecule has 0 bridgehead atoms. The van der Waals surface area contributed by atoms with E-state index in [-0.39, 0.29) is 0 Å². The minimum atomic E-state index is 0.749. The summed E-state index contributed by atoms with van der Waals surface area (Å²) < 4.78 is 0. The topological polar surface area (TPSA) is 29.3 Å². The van der Waals surface area contributed by atoms with E-state index in [1.165, 1.54) is 38.6 Å². The van der Waals surface area contributed by atoms with E-state index in [0.717, 1.165) is 36.4 Å². The zero-order chi connectivity index (χ0) is 12.4. The molecule has 1 aliphatic heterocycles. The van der Waals surface area contributed by atoms with Crippen molar-refractivity contribution in [2.24, 2.45) is 23.5 Å². The van der Waals surface area contributed by atoms with E-state index in [4.69, 9.17) is 5.73 Å². The molecule has 0 aromatic rings. The van der Waals surface area contributed by atoms with Crippen LogP contribution in [-0.2, 0) is 0 Å². The third-order valence-corrected chi connectivity index (χ3v) is 5.11. The lowest BCUT2D eigenvalue weighted by Crippen LogP contribution is -2.53. The Morgan fingerprint density at radius 3 is 2.41 bits per heavy atom. The molecule has 0 spiro atoms. The van der Waals surface area contributed by atoms with Crippen molar-refractivity contribution in [3.63, 3.8) is 0 Å². The Morgan fingerprint density at radius 2 is 1.71 bits per heavy atom. The summed E-state index contributed by atoms with van der Waals surface area (Å²) in [6.45, 7) is 9.42. The van der Waals surface area contributed by atoms with E-state index in [1.54, 1.807) is 0 Å². The van der Waals surface area contributed by atoms with Crippen molar-refractivity contribution in [2.75, 3.05) is 13.1 Å². The molecule has 2 fully saturated rings. The molecule has 2 aliphatic rings. The molecule has 17 heavy (non-hydrogen) atoms. The van der Waals surface area contributed by atoms with E-state index >= 15 is 0 Å². The zero-order valence-corrected chi connectivity index (χ0v) is 11.9. The van der Waals surface area contributed by atoms with Gasteiger partial charge < -0.3 is 5.73 Å². The maximum Gasteiger partial charge on any atom is 0.0141 e. The van der Waals surface area contributed by atoms with Crippen LogP contribution >= 0.6 is 0 Å². The predicted octanol–water partition coefficient (Wildman–Crippen LogP) is 2.87. The van der Waals surface area contributed by atoms with E-state index in [2.05, 4.69) is 25.7 Å². The van der Waals surface area contributed by atoms with E-state index in [0.29, 0.717) is 0 Å². The third kappa shape index (κ3) is 3.03. The average molecular weight is 238 g/mol. The first-order chi connectivity index (χ1) is 8.11. The molecule has 100 valence electrons. The van der Waals surface area contributed by atoms with Gasteiger partial charge in [-0.1, -0.05) is 20.3 Å². The van der Waals surface area contributed by atoms with Crippen molar-refractivity contribution in [1.29, 1.82) is 0 Å². The van der Waals surface area contributed by atoms with Crippen LogP contribution in [0.25, 0.3) is 0 Å². The molecule has 0 amide bonds. The molecule has 1 aliphatic carbocycles. The van der Waals surface area contributed by atoms with Crippen LogP contribution in [0.4, 0.5) is 0 Å². The molecule has 2 N–H and O–H groups in total. The standard InChI is InChI=1S/C15H30N2/c1-11-5-7-14(9-16)15(8-11)17-10-12(2)4-6-13(17)3/h11-15H,4-10,16H2,1-3H3. The van der Waals surface area contributed by atoms with Gasteiger partial charge in [0.05, 0.1) is 0 Å². The summed E-state index contributed by atoms with van der Waals surface area (Å²) in [6.07, 6.45) is 6.89. The monoisotopic (exact) mass is 238 g/mol. The molecule has 0 aromatic heterocycles. The Labute approximate surface area is 107 Å². The molecule has 2 rings (SSSR count). The Bertz CT molecular complexity index is 241. The van der Waals surface area contributed by atoms with Crippen LogP contribution in [0.15, 0.2) is 0 Å². The second-order valence-electron chi connectivity index (χ2n) is 6.71. The second-order valence-corrected chi connectivity index (χ2v) is 6.71. The van der Waals surface area contributed by atoms with Gasteiger partial charge in [0.1, 0.15) is 0 Å². The number of nitrogens with two attached hydrogens (primary N) is 1. The Kier molecular flexibility index (Phi) is 4.48. The number of piperidine rings is 1. The highest BCUT2D eigenvalue weighted by molar-refractivity contribution is 4.90. The maximum atomic E-state index is 6.00. The molecular weight excluding hydrogens is 208 g/mol. The van der Waals surface area contributed by atoms with Gasteiger partial charge in [0, 0.05) is 18.6 Å². The van der Waals surface area contributed by atoms with Crippen molar-refractivity contribution in [2.45, 2.75) is 65.0 Å². The number of nitrogens with zero attached hydrogens (tertiary/aromatic N) is 1. The highest BCUT2D eigenvalue weighted by Crippen LogP contribution is 2.35. The van der Waals surface area contributed by atoms with Crippen molar-refractivity contribution in [3.8, 4) is 0 Å². The highest BCUT2D eigenvalue weighted by atomic mass is 15.2. The normalized spacial score (nSPS) is 44.8. The SMILES string of the molecule is CC1CCC(CN)C(N2CC(C)CCC2C)C1. The van der Waals surface area contributed by atoms with E-state index in [9.17, 15) is 0 Å². The summed E-state index contributed by atoms with van der Waals surface area (Å²) >= 11 is 0. The fourth-order valence-corrected chi connectivity index (χ4v) is 3.88. The molecule has 5 unspecified atom stereocenters. The molecule has 0 radical (unpaired) electrons. The number of hydrogen-bond acceptors (Lipinski definition) is 2. The molecule has 1 heterocycles. The summed E-state index contributed by atoms with van der Waals surface area (Å²) in [4.78, 5) is 2.79. The molecular formula is C15H30N2. The van der Waals surface area contributed by atoms with Gasteiger partial charge in [0.25, 0.3) is 0 Å². The van der Waals surface area contributed by atoms with Crippen LogP contribution in [0.1, 0.15) is 52.9 Å². The largest absolute Gasteiger partial charge is 0.330 e. The smallest absolute Gasteiger partial charge is 0.0141 e. The van der Waals surface area contributed by atoms with Gasteiger partial charge in [-0.05, 0) is 56.9 Å². The van der Waals surface area contributed by atoms with Crippen molar-refractivity contribution in [3.05, 3.63) is 0 Å². The Morgan fingerprint density at radius 1 is 1.00 bits per heavy atom. The fraction of sp³-hybridized carbons (Fsp3) is 1.00. The van der Waals surface area contributed by atoms with Gasteiger partial charge in [-0.3, -0.25) is 4.90 Å². The van der Waals surface area contributed by atoms with Crippen LogP contribution in [0.5, 0.6) is 0 Å². The van der Waals surface area contributed by atoms with Crippen molar-refractivity contribution in [1.82, 2.24) is 4.90 Å². The quantitative estimate of drug-likeness (QED) is 0.801. The van der Waals surface area contributed by atoms with Gasteiger partial charge in [-0.15, -0.1) is 0 Å². The van der Waals surface area contributed by atoms with Crippen LogP contribution < -0.4 is 5.73 Å². The minimum absolute atomic E-state index is 0.749. The van der Waals surface area contributed by atoms with E-state index in [1.807, 2.05) is 0 Å². The van der Waals surface area contributed by atoms with Gasteiger partial charge in [-0.25, -0.2) is 0 Å². The lowest BCUT2D eigenvalue weighted by Gasteiger charge is -2.48. The lowest BCUT2D eigenvalue weighted by molar-refractivity contribution is 0.0178. The first kappa shape index (κ1) is 13.4. The first-order valence-corrected chi connectivity index (χ1v) is 7.57. The Hall–Kier alpha value is -0.0800. The molecule has 1 saturated carbocycles. The molecule has 2 nitrogen and oxygen atoms in total. The van der Waals surface area contributed by atoms with E-state index < -0.39 is 0 Å². The molecule has 2 heteroatoms. The second kappa shape index (κ2) is 5.71. The van der Waals surface area contributed by atoms with Gasteiger partial charge >= 0.3 is 0 Å². The maximum absolute atomic E-state index is 6.00. The zero-order valence-electron chi connectivity index (χ0n) is 11.9. The molecule has 0 aromatic carbocycles. The fourth-order valence-electron chi connectivity index (χ4n) is 3.88. The average Bonchev–Trinajstić information content (AvgIpc) is 2.32. The van der Waals surface area contributed by atoms with Gasteiger partial charge in [0.2, 0.25) is 0 Å². The summed E-state index contributed by atoms with van der Waals surface area (Å²) in [5.41, 5.74) is 6.00. The summed E-state index contributed by atoms with van der Waals surface area (Å²) in [5.74, 6) is 2.52. The Balaban J connectivity index is 2.05. The lowest BCUT2D eigenvalue weighted by atomic mass is 9.76. The number of rotatable bonds is 2. The summed E-state index contributed by atoms with van der Waals surface area (Å²) in [6, 6.07) is 1.54. The van der Waals surface area contributed by atoms with Crippen LogP contribution in [0.2, 0.25) is 0 Å². The number of likely N-dealkylation sites (tertiary alicyclic amines) is 1. The summed E-state index contributed by atoms with van der Waals surface area (Å²) in [7, 11) is 0. The van der Waals surface area contributed by atoms with Gasteiger partial charge in [-0.2, -0.15) is 0 Å². The van der Waals surface area contributed by atoms with Gasteiger partial charge in [0.15, 0.2) is 0 Å². The third-order valence-electron chi connectivity index (χ3n) is 5.11. The summed E-state index contributed by atoms with van der Waals surface area (Å²) in [5, 5.41) is 0. The van der Waals surface area contributed by atoms with Crippen molar-refractivity contribution >= 4 is 0 Å². The predicted molar refractivity (Wildman–Crippen MR) is 73.9 cm³/mol. The highest BCUT2D eigenvalue weighted by Gasteiger charge is 2.36. The van der Waals surface area contributed by atoms with Crippen LogP contribution in [-0.4, -0.2) is 30.1 Å². The van der Waals surface area contributed by atoms with Crippen LogP contribution in [0, 0.1) is 17.8 Å². The van der Waals surface area contributed by atoms with Crippen LogP contribution in [0.3, 0.4) is 0 Å². The molecule has 1 saturated heterocycles. The first-order valence-electron chi connectivity index (χ1n) is 7.57. The number of hydrogen-bond donors (Lipinski definition) is 1. The molecule has 5 atom stereocenters. The minimum Gasteiger partial charge on any atom is -0.330 e.